The highest BCUT2D eigenvalue weighted by Crippen LogP contribution is 2.39. The minimum atomic E-state index is -0.179. The average molecular weight is 430 g/mol. The first kappa shape index (κ1) is 20.6. The quantitative estimate of drug-likeness (QED) is 0.529. The van der Waals surface area contributed by atoms with Crippen molar-refractivity contribution in [1.29, 1.82) is 0 Å². The summed E-state index contributed by atoms with van der Waals surface area (Å²) in [5.41, 5.74) is 4.04. The first-order valence-corrected chi connectivity index (χ1v) is 10.9. The monoisotopic (exact) mass is 429 g/mol. The lowest BCUT2D eigenvalue weighted by Crippen LogP contribution is -2.66. The predicted molar refractivity (Wildman–Crippen MR) is 122 cm³/mol. The van der Waals surface area contributed by atoms with Crippen molar-refractivity contribution in [3.8, 4) is 5.75 Å². The lowest BCUT2D eigenvalue weighted by atomic mass is 9.78. The normalized spacial score (nSPS) is 16.9. The Morgan fingerprint density at radius 2 is 1.69 bits per heavy atom. The Morgan fingerprint density at radius 1 is 1.03 bits per heavy atom. The highest BCUT2D eigenvalue weighted by molar-refractivity contribution is 5.74. The van der Waals surface area contributed by atoms with E-state index >= 15 is 0 Å². The van der Waals surface area contributed by atoms with Crippen LogP contribution in [0.15, 0.2) is 60.8 Å². The number of nitrogens with zero attached hydrogens (tertiary/aromatic N) is 3. The van der Waals surface area contributed by atoms with Crippen LogP contribution in [0.5, 0.6) is 5.75 Å². The molecule has 0 saturated carbocycles. The molecular weight excluding hydrogens is 402 g/mol. The zero-order chi connectivity index (χ0) is 22.2. The summed E-state index contributed by atoms with van der Waals surface area (Å²) in [4.78, 5) is 22.2. The van der Waals surface area contributed by atoms with Gasteiger partial charge in [-0.15, -0.1) is 0 Å². The molecule has 6 heteroatoms. The van der Waals surface area contributed by atoms with E-state index in [1.54, 1.807) is 6.20 Å². The molecular formula is C26H27N3O3. The molecule has 0 atom stereocenters. The molecule has 2 saturated heterocycles. The Morgan fingerprint density at radius 3 is 2.28 bits per heavy atom. The Kier molecular flexibility index (Phi) is 5.18. The molecule has 0 unspecified atom stereocenters. The number of aromatic nitrogens is 2. The molecule has 164 valence electrons. The van der Waals surface area contributed by atoms with Crippen LogP contribution in [0.1, 0.15) is 41.0 Å². The minimum Gasteiger partial charge on any atom is -0.487 e. The van der Waals surface area contributed by atoms with Crippen molar-refractivity contribution >= 4 is 12.2 Å². The molecule has 0 N–H and O–H groups in total. The fourth-order valence-electron chi connectivity index (χ4n) is 4.37. The van der Waals surface area contributed by atoms with Gasteiger partial charge in [-0.2, -0.15) is 0 Å². The third-order valence-electron chi connectivity index (χ3n) is 6.58. The van der Waals surface area contributed by atoms with Gasteiger partial charge in [0.25, 0.3) is 0 Å². The zero-order valence-electron chi connectivity index (χ0n) is 18.5. The van der Waals surface area contributed by atoms with Gasteiger partial charge in [-0.1, -0.05) is 50.2 Å². The number of hydrogen-bond acceptors (Lipinski definition) is 6. The highest BCUT2D eigenvalue weighted by atomic mass is 16.5. The Labute approximate surface area is 188 Å². The highest BCUT2D eigenvalue weighted by Gasteiger charge is 2.49. The summed E-state index contributed by atoms with van der Waals surface area (Å²) in [5, 5.41) is 0. The molecule has 1 aromatic heterocycles. The first-order valence-electron chi connectivity index (χ1n) is 10.9. The van der Waals surface area contributed by atoms with E-state index in [0.29, 0.717) is 17.6 Å². The number of anilines is 1. The molecule has 1 spiro atoms. The predicted octanol–water partition coefficient (Wildman–Crippen LogP) is 4.03. The van der Waals surface area contributed by atoms with E-state index in [9.17, 15) is 4.79 Å². The van der Waals surface area contributed by atoms with E-state index < -0.39 is 0 Å². The summed E-state index contributed by atoms with van der Waals surface area (Å²) in [6, 6.07) is 17.8. The molecule has 5 rings (SSSR count). The maximum Gasteiger partial charge on any atom is 0.225 e. The second-order valence-corrected chi connectivity index (χ2v) is 9.37. The Balaban J connectivity index is 1.21. The second kappa shape index (κ2) is 8.02. The molecule has 0 amide bonds. The molecule has 2 aliphatic heterocycles. The number of rotatable bonds is 7. The maximum absolute atomic E-state index is 10.9. The summed E-state index contributed by atoms with van der Waals surface area (Å²) in [6.45, 7) is 8.38. The van der Waals surface area contributed by atoms with Crippen LogP contribution < -0.4 is 9.64 Å². The Bertz CT molecular complexity index is 1100. The van der Waals surface area contributed by atoms with Gasteiger partial charge in [0.05, 0.1) is 24.3 Å². The van der Waals surface area contributed by atoms with Gasteiger partial charge in [0.1, 0.15) is 18.6 Å². The lowest BCUT2D eigenvalue weighted by molar-refractivity contribution is -0.127. The van der Waals surface area contributed by atoms with Crippen LogP contribution in [0.25, 0.3) is 0 Å². The SMILES string of the molecule is CC(C)(c1ccc(C=O)cc1)c1ccc(OCc2ccnc(N3CC4(COC4)C3)n2)cc1. The summed E-state index contributed by atoms with van der Waals surface area (Å²) in [6.07, 6.45) is 2.66. The molecule has 6 nitrogen and oxygen atoms in total. The lowest BCUT2D eigenvalue weighted by Gasteiger charge is -2.54. The van der Waals surface area contributed by atoms with E-state index in [4.69, 9.17) is 9.47 Å². The minimum absolute atomic E-state index is 0.179. The molecule has 2 aliphatic rings. The van der Waals surface area contributed by atoms with Gasteiger partial charge < -0.3 is 14.4 Å². The van der Waals surface area contributed by atoms with Gasteiger partial charge >= 0.3 is 0 Å². The van der Waals surface area contributed by atoms with Crippen molar-refractivity contribution < 1.29 is 14.3 Å². The average Bonchev–Trinajstić information content (AvgIpc) is 2.76. The molecule has 3 aromatic rings. The summed E-state index contributed by atoms with van der Waals surface area (Å²) < 4.78 is 11.3. The number of benzene rings is 2. The van der Waals surface area contributed by atoms with Crippen LogP contribution in [0.3, 0.4) is 0 Å². The van der Waals surface area contributed by atoms with Crippen molar-refractivity contribution in [2.45, 2.75) is 25.9 Å². The van der Waals surface area contributed by atoms with Crippen molar-refractivity contribution in [3.63, 3.8) is 0 Å². The van der Waals surface area contributed by atoms with Crippen LogP contribution in [-0.2, 0) is 16.8 Å². The zero-order valence-corrected chi connectivity index (χ0v) is 18.5. The molecule has 32 heavy (non-hydrogen) atoms. The summed E-state index contributed by atoms with van der Waals surface area (Å²) >= 11 is 0. The molecule has 0 radical (unpaired) electrons. The van der Waals surface area contributed by atoms with Crippen LogP contribution in [-0.4, -0.2) is 42.6 Å². The molecule has 2 aromatic carbocycles. The second-order valence-electron chi connectivity index (χ2n) is 9.37. The first-order chi connectivity index (χ1) is 15.5. The van der Waals surface area contributed by atoms with Gasteiger partial charge in [-0.3, -0.25) is 4.79 Å². The van der Waals surface area contributed by atoms with E-state index in [2.05, 4.69) is 40.8 Å². The van der Waals surface area contributed by atoms with Crippen LogP contribution in [0, 0.1) is 5.41 Å². The van der Waals surface area contributed by atoms with Gasteiger partial charge in [0.15, 0.2) is 0 Å². The fourth-order valence-corrected chi connectivity index (χ4v) is 4.37. The van der Waals surface area contributed by atoms with Crippen molar-refractivity contribution in [2.24, 2.45) is 5.41 Å². The Hall–Kier alpha value is -3.25. The van der Waals surface area contributed by atoms with Crippen molar-refractivity contribution in [2.75, 3.05) is 31.2 Å². The van der Waals surface area contributed by atoms with Gasteiger partial charge in [-0.05, 0) is 29.3 Å². The molecule has 3 heterocycles. The number of aldehydes is 1. The summed E-state index contributed by atoms with van der Waals surface area (Å²) in [5.74, 6) is 1.57. The molecule has 2 fully saturated rings. The van der Waals surface area contributed by atoms with Crippen LogP contribution in [0.4, 0.5) is 5.95 Å². The van der Waals surface area contributed by atoms with Crippen molar-refractivity contribution in [3.05, 3.63) is 83.2 Å². The molecule has 0 aliphatic carbocycles. The maximum atomic E-state index is 10.9. The third kappa shape index (κ3) is 3.86. The van der Waals surface area contributed by atoms with Crippen LogP contribution in [0.2, 0.25) is 0 Å². The van der Waals surface area contributed by atoms with E-state index in [1.165, 1.54) is 5.56 Å². The number of carbonyl (C=O) groups is 1. The fraction of sp³-hybridized carbons (Fsp3) is 0.346. The number of hydrogen-bond donors (Lipinski definition) is 0. The number of carbonyl (C=O) groups excluding carboxylic acids is 1. The van der Waals surface area contributed by atoms with Gasteiger partial charge in [0, 0.05) is 30.3 Å². The van der Waals surface area contributed by atoms with Gasteiger partial charge in [-0.25, -0.2) is 9.97 Å². The van der Waals surface area contributed by atoms with E-state index in [1.807, 2.05) is 42.5 Å². The smallest absolute Gasteiger partial charge is 0.225 e. The topological polar surface area (TPSA) is 64.5 Å². The van der Waals surface area contributed by atoms with Gasteiger partial charge in [0.2, 0.25) is 5.95 Å². The standard InChI is InChI=1S/C26H27N3O3/c1-25(2,20-5-3-19(13-30)4-6-20)21-7-9-23(10-8-21)32-14-22-11-12-27-24(28-22)29-15-26(16-29)17-31-18-26/h3-13H,14-18H2,1-2H3. The van der Waals surface area contributed by atoms with Crippen molar-refractivity contribution in [1.82, 2.24) is 9.97 Å². The number of ether oxygens (including phenoxy) is 2. The van der Waals surface area contributed by atoms with Crippen LogP contribution >= 0.6 is 0 Å². The summed E-state index contributed by atoms with van der Waals surface area (Å²) in [7, 11) is 0. The third-order valence-corrected chi connectivity index (χ3v) is 6.58. The van der Waals surface area contributed by atoms with E-state index in [-0.39, 0.29) is 5.41 Å². The largest absolute Gasteiger partial charge is 0.487 e. The molecule has 0 bridgehead atoms. The van der Waals surface area contributed by atoms with E-state index in [0.717, 1.165) is 55.5 Å².